The number of nitrogens with one attached hydrogen (secondary N) is 1. The lowest BCUT2D eigenvalue weighted by Gasteiger charge is -2.07. The number of fused-ring (bicyclic) bond motifs is 1. The standard InChI is InChI=1S/C12H9F3N2O/c13-12(14,15)8-3-1-2-7(6-8)10-9-4-5-16-11(9)18-17-10/h1-3,6,16H,4-5H2. The normalized spacial score (nSPS) is 14.4. The molecule has 0 bridgehead atoms. The minimum absolute atomic E-state index is 0.429. The summed E-state index contributed by atoms with van der Waals surface area (Å²) in [5.74, 6) is 0.558. The van der Waals surface area contributed by atoms with Gasteiger partial charge in [0.15, 0.2) is 0 Å². The van der Waals surface area contributed by atoms with Crippen molar-refractivity contribution in [2.75, 3.05) is 11.9 Å². The average molecular weight is 254 g/mol. The summed E-state index contributed by atoms with van der Waals surface area (Å²) < 4.78 is 42.9. The first-order valence-corrected chi connectivity index (χ1v) is 5.46. The third-order valence-corrected chi connectivity index (χ3v) is 2.91. The maximum atomic E-state index is 12.6. The van der Waals surface area contributed by atoms with Crippen molar-refractivity contribution < 1.29 is 17.7 Å². The van der Waals surface area contributed by atoms with E-state index in [1.165, 1.54) is 6.07 Å². The summed E-state index contributed by atoms with van der Waals surface area (Å²) in [6.07, 6.45) is -3.63. The third-order valence-electron chi connectivity index (χ3n) is 2.91. The van der Waals surface area contributed by atoms with Crippen molar-refractivity contribution >= 4 is 5.88 Å². The van der Waals surface area contributed by atoms with Crippen molar-refractivity contribution in [1.29, 1.82) is 0 Å². The van der Waals surface area contributed by atoms with Crippen LogP contribution in [0.1, 0.15) is 11.1 Å². The van der Waals surface area contributed by atoms with Crippen LogP contribution in [0.2, 0.25) is 0 Å². The second-order valence-corrected chi connectivity index (χ2v) is 4.09. The number of nitrogens with zero attached hydrogens (tertiary/aromatic N) is 1. The van der Waals surface area contributed by atoms with Crippen LogP contribution >= 0.6 is 0 Å². The molecule has 0 atom stereocenters. The molecule has 6 heteroatoms. The van der Waals surface area contributed by atoms with E-state index >= 15 is 0 Å². The molecular formula is C12H9F3N2O. The molecule has 0 unspecified atom stereocenters. The summed E-state index contributed by atoms with van der Waals surface area (Å²) >= 11 is 0. The largest absolute Gasteiger partial charge is 0.416 e. The molecule has 0 amide bonds. The SMILES string of the molecule is FC(F)(F)c1cccc(-c2noc3c2CCN3)c1. The van der Waals surface area contributed by atoms with Gasteiger partial charge in [-0.1, -0.05) is 17.3 Å². The summed E-state index contributed by atoms with van der Waals surface area (Å²) in [7, 11) is 0. The Morgan fingerprint density at radius 1 is 1.28 bits per heavy atom. The van der Waals surface area contributed by atoms with Crippen molar-refractivity contribution in [1.82, 2.24) is 5.16 Å². The highest BCUT2D eigenvalue weighted by Gasteiger charge is 2.31. The summed E-state index contributed by atoms with van der Waals surface area (Å²) in [4.78, 5) is 0. The van der Waals surface area contributed by atoms with Crippen molar-refractivity contribution in [3.8, 4) is 11.3 Å². The van der Waals surface area contributed by atoms with E-state index in [-0.39, 0.29) is 0 Å². The Hall–Kier alpha value is -1.98. The number of hydrogen-bond acceptors (Lipinski definition) is 3. The van der Waals surface area contributed by atoms with Crippen molar-refractivity contribution in [3.63, 3.8) is 0 Å². The van der Waals surface area contributed by atoms with E-state index in [1.54, 1.807) is 6.07 Å². The van der Waals surface area contributed by atoms with Gasteiger partial charge in [0.1, 0.15) is 5.69 Å². The molecule has 1 N–H and O–H groups in total. The number of anilines is 1. The fourth-order valence-electron chi connectivity index (χ4n) is 2.05. The quantitative estimate of drug-likeness (QED) is 0.848. The van der Waals surface area contributed by atoms with Crippen LogP contribution in [0.15, 0.2) is 28.8 Å². The van der Waals surface area contributed by atoms with Gasteiger partial charge in [0.2, 0.25) is 5.88 Å². The summed E-state index contributed by atoms with van der Waals surface area (Å²) in [6.45, 7) is 0.725. The van der Waals surface area contributed by atoms with E-state index in [0.29, 0.717) is 23.6 Å². The van der Waals surface area contributed by atoms with Crippen LogP contribution in [0, 0.1) is 0 Å². The molecule has 1 aromatic carbocycles. The molecule has 2 aromatic rings. The zero-order chi connectivity index (χ0) is 12.8. The topological polar surface area (TPSA) is 38.1 Å². The predicted molar refractivity (Wildman–Crippen MR) is 59.1 cm³/mol. The van der Waals surface area contributed by atoms with Crippen LogP contribution in [0.3, 0.4) is 0 Å². The number of alkyl halides is 3. The summed E-state index contributed by atoms with van der Waals surface area (Å²) in [5.41, 5.74) is 1.08. The molecule has 3 nitrogen and oxygen atoms in total. The first-order chi connectivity index (χ1) is 8.55. The molecular weight excluding hydrogens is 245 g/mol. The van der Waals surface area contributed by atoms with E-state index < -0.39 is 11.7 Å². The zero-order valence-electron chi connectivity index (χ0n) is 9.21. The molecule has 3 rings (SSSR count). The Kier molecular flexibility index (Phi) is 2.33. The first-order valence-electron chi connectivity index (χ1n) is 5.46. The maximum Gasteiger partial charge on any atom is 0.416 e. The van der Waals surface area contributed by atoms with Crippen LogP contribution in [-0.4, -0.2) is 11.7 Å². The number of benzene rings is 1. The Bertz CT molecular complexity index is 589. The van der Waals surface area contributed by atoms with Crippen molar-refractivity contribution in [3.05, 3.63) is 35.4 Å². The van der Waals surface area contributed by atoms with Gasteiger partial charge in [0, 0.05) is 17.7 Å². The van der Waals surface area contributed by atoms with Crippen LogP contribution in [0.25, 0.3) is 11.3 Å². The number of hydrogen-bond donors (Lipinski definition) is 1. The molecule has 1 aliphatic heterocycles. The second kappa shape index (κ2) is 3.76. The molecule has 1 aromatic heterocycles. The van der Waals surface area contributed by atoms with E-state index in [0.717, 1.165) is 24.2 Å². The van der Waals surface area contributed by atoms with Gasteiger partial charge in [-0.25, -0.2) is 0 Å². The summed E-state index contributed by atoms with van der Waals surface area (Å²) in [6, 6.07) is 5.12. The Morgan fingerprint density at radius 3 is 2.89 bits per heavy atom. The second-order valence-electron chi connectivity index (χ2n) is 4.09. The highest BCUT2D eigenvalue weighted by atomic mass is 19.4. The van der Waals surface area contributed by atoms with E-state index in [1.807, 2.05) is 0 Å². The highest BCUT2D eigenvalue weighted by Crippen LogP contribution is 2.35. The lowest BCUT2D eigenvalue weighted by atomic mass is 10.0. The van der Waals surface area contributed by atoms with Gasteiger partial charge in [0.25, 0.3) is 0 Å². The minimum atomic E-state index is -4.35. The molecule has 0 saturated heterocycles. The predicted octanol–water partition coefficient (Wildman–Crippen LogP) is 3.33. The number of halogens is 3. The van der Waals surface area contributed by atoms with E-state index in [9.17, 15) is 13.2 Å². The molecule has 94 valence electrons. The van der Waals surface area contributed by atoms with Crippen LogP contribution in [0.4, 0.5) is 19.1 Å². The Morgan fingerprint density at radius 2 is 2.11 bits per heavy atom. The highest BCUT2D eigenvalue weighted by molar-refractivity contribution is 5.70. The summed E-state index contributed by atoms with van der Waals surface area (Å²) in [5, 5.41) is 6.81. The van der Waals surface area contributed by atoms with Gasteiger partial charge in [-0.2, -0.15) is 13.2 Å². The molecule has 0 spiro atoms. The smallest absolute Gasteiger partial charge is 0.353 e. The van der Waals surface area contributed by atoms with Gasteiger partial charge < -0.3 is 9.84 Å². The Balaban J connectivity index is 2.07. The molecule has 0 aliphatic carbocycles. The maximum absolute atomic E-state index is 12.6. The third kappa shape index (κ3) is 1.73. The van der Waals surface area contributed by atoms with Gasteiger partial charge in [-0.15, -0.1) is 0 Å². The fraction of sp³-hybridized carbons (Fsp3) is 0.250. The molecule has 1 aliphatic rings. The lowest BCUT2D eigenvalue weighted by Crippen LogP contribution is -2.04. The van der Waals surface area contributed by atoms with Gasteiger partial charge in [0.05, 0.1) is 5.56 Å². The number of rotatable bonds is 1. The Labute approximate surface area is 101 Å². The van der Waals surface area contributed by atoms with Crippen molar-refractivity contribution in [2.45, 2.75) is 12.6 Å². The van der Waals surface area contributed by atoms with Crippen LogP contribution in [-0.2, 0) is 12.6 Å². The fourth-order valence-corrected chi connectivity index (χ4v) is 2.05. The van der Waals surface area contributed by atoms with E-state index in [4.69, 9.17) is 4.52 Å². The first kappa shape index (κ1) is 11.1. The molecule has 0 radical (unpaired) electrons. The van der Waals surface area contributed by atoms with Crippen molar-refractivity contribution in [2.24, 2.45) is 0 Å². The molecule has 2 heterocycles. The van der Waals surface area contributed by atoms with Gasteiger partial charge in [-0.3, -0.25) is 0 Å². The lowest BCUT2D eigenvalue weighted by molar-refractivity contribution is -0.137. The van der Waals surface area contributed by atoms with E-state index in [2.05, 4.69) is 10.5 Å². The number of aromatic nitrogens is 1. The van der Waals surface area contributed by atoms with Crippen LogP contribution in [0.5, 0.6) is 0 Å². The van der Waals surface area contributed by atoms with Gasteiger partial charge >= 0.3 is 6.18 Å². The molecule has 0 saturated carbocycles. The monoisotopic (exact) mass is 254 g/mol. The van der Waals surface area contributed by atoms with Gasteiger partial charge in [-0.05, 0) is 18.6 Å². The van der Waals surface area contributed by atoms with Crippen LogP contribution < -0.4 is 5.32 Å². The average Bonchev–Trinajstić information content (AvgIpc) is 2.89. The zero-order valence-corrected chi connectivity index (χ0v) is 9.21. The minimum Gasteiger partial charge on any atom is -0.353 e. The molecule has 18 heavy (non-hydrogen) atoms. The molecule has 0 fully saturated rings.